The van der Waals surface area contributed by atoms with E-state index in [1.54, 1.807) is 17.1 Å². The van der Waals surface area contributed by atoms with Crippen molar-refractivity contribution in [1.82, 2.24) is 9.97 Å². The number of aromatic nitrogens is 2. The normalized spacial score (nSPS) is 11.3. The molecule has 0 spiro atoms. The molecule has 0 radical (unpaired) electrons. The number of hydrogen-bond acceptors (Lipinski definition) is 4. The van der Waals surface area contributed by atoms with Gasteiger partial charge in [-0.05, 0) is 29.8 Å². The number of carbonyl (C=O) groups is 1. The van der Waals surface area contributed by atoms with Gasteiger partial charge < -0.3 is 15.5 Å². The molecule has 3 rings (SSSR count). The van der Waals surface area contributed by atoms with Crippen molar-refractivity contribution in [3.63, 3.8) is 0 Å². The molecule has 0 saturated carbocycles. The van der Waals surface area contributed by atoms with E-state index in [1.165, 1.54) is 30.5 Å². The number of nitrogens with zero attached hydrogens (tertiary/aromatic N) is 1. The fraction of sp³-hybridized carbons (Fsp3) is 0.105. The van der Waals surface area contributed by atoms with Crippen LogP contribution >= 0.6 is 11.6 Å². The predicted molar refractivity (Wildman–Crippen MR) is 99.6 cm³/mol. The highest BCUT2D eigenvalue weighted by molar-refractivity contribution is 6.30. The number of hydrogen-bond donors (Lipinski definition) is 2. The Labute approximate surface area is 167 Å². The van der Waals surface area contributed by atoms with E-state index in [4.69, 9.17) is 22.1 Å². The van der Waals surface area contributed by atoms with Crippen molar-refractivity contribution in [2.24, 2.45) is 5.73 Å². The van der Waals surface area contributed by atoms with Gasteiger partial charge in [-0.25, -0.2) is 4.98 Å². The summed E-state index contributed by atoms with van der Waals surface area (Å²) in [5.41, 5.74) is 2.40. The van der Waals surface area contributed by atoms with E-state index in [9.17, 15) is 22.8 Å². The van der Waals surface area contributed by atoms with Crippen LogP contribution < -0.4 is 16.0 Å². The molecule has 3 aromatic rings. The summed E-state index contributed by atoms with van der Waals surface area (Å²) in [6.45, 7) is 0.115. The first-order valence-corrected chi connectivity index (χ1v) is 8.51. The van der Waals surface area contributed by atoms with Crippen LogP contribution in [0.2, 0.25) is 5.15 Å². The molecule has 1 amide bonds. The van der Waals surface area contributed by atoms with Crippen molar-refractivity contribution >= 4 is 17.5 Å². The Kier molecular flexibility index (Phi) is 5.60. The molecule has 0 atom stereocenters. The highest BCUT2D eigenvalue weighted by Crippen LogP contribution is 2.35. The molecule has 2 heterocycles. The summed E-state index contributed by atoms with van der Waals surface area (Å²) in [5.74, 6) is -0.753. The molecular formula is C19H13ClF3N3O3. The summed E-state index contributed by atoms with van der Waals surface area (Å²) >= 11 is 5.94. The van der Waals surface area contributed by atoms with Gasteiger partial charge in [0.15, 0.2) is 0 Å². The maximum Gasteiger partial charge on any atom is 0.431 e. The fourth-order valence-electron chi connectivity index (χ4n) is 2.58. The lowest BCUT2D eigenvalue weighted by atomic mass is 10.0. The first-order chi connectivity index (χ1) is 13.7. The van der Waals surface area contributed by atoms with E-state index in [-0.39, 0.29) is 22.9 Å². The summed E-state index contributed by atoms with van der Waals surface area (Å²) in [7, 11) is 0. The van der Waals surface area contributed by atoms with Crippen molar-refractivity contribution in [1.29, 1.82) is 0 Å². The number of ether oxygens (including phenoxy) is 1. The van der Waals surface area contributed by atoms with Gasteiger partial charge in [-0.1, -0.05) is 29.8 Å². The molecule has 2 aromatic heterocycles. The second-order valence-electron chi connectivity index (χ2n) is 5.93. The number of rotatable bonds is 5. The van der Waals surface area contributed by atoms with E-state index in [2.05, 4.69) is 4.98 Å². The molecule has 0 bridgehead atoms. The number of primary amides is 1. The minimum Gasteiger partial charge on any atom is -0.489 e. The predicted octanol–water partition coefficient (Wildman–Crippen LogP) is 3.79. The molecule has 6 nitrogen and oxygen atoms in total. The molecule has 1 aromatic carbocycles. The Morgan fingerprint density at radius 3 is 2.48 bits per heavy atom. The van der Waals surface area contributed by atoms with Gasteiger partial charge in [-0.2, -0.15) is 13.2 Å². The zero-order valence-electron chi connectivity index (χ0n) is 14.6. The second-order valence-corrected chi connectivity index (χ2v) is 6.29. The topological polar surface area (TPSA) is 98.1 Å². The number of nitrogens with one attached hydrogen (secondary N) is 1. The van der Waals surface area contributed by atoms with E-state index in [0.717, 1.165) is 6.07 Å². The number of pyridine rings is 2. The molecule has 0 unspecified atom stereocenters. The van der Waals surface area contributed by atoms with Gasteiger partial charge in [0.25, 0.3) is 11.5 Å². The van der Waals surface area contributed by atoms with Gasteiger partial charge in [0.2, 0.25) is 0 Å². The Morgan fingerprint density at radius 2 is 1.90 bits per heavy atom. The Morgan fingerprint density at radius 1 is 1.21 bits per heavy atom. The Bertz CT molecular complexity index is 1110. The SMILES string of the molecule is NC(=O)c1cc(-c2ccc(OCc3cccnc3Cl)cc2)c(C(F)(F)F)[nH]c1=O. The standard InChI is InChI=1S/C19H13ClF3N3O3/c20-16-11(2-1-7-25-16)9-29-12-5-3-10(4-6-12)13-8-14(17(24)27)18(28)26-15(13)19(21,22)23/h1-8H,9H2,(H2,24,27)(H,26,28). The van der Waals surface area contributed by atoms with E-state index < -0.39 is 28.9 Å². The molecule has 0 saturated heterocycles. The summed E-state index contributed by atoms with van der Waals surface area (Å²) in [6, 6.07) is 9.89. The average molecular weight is 424 g/mol. The number of aromatic amines is 1. The fourth-order valence-corrected chi connectivity index (χ4v) is 2.76. The molecule has 0 fully saturated rings. The molecule has 10 heteroatoms. The third kappa shape index (κ3) is 4.57. The quantitative estimate of drug-likeness (QED) is 0.610. The number of amides is 1. The number of carbonyl (C=O) groups excluding carboxylic acids is 1. The van der Waals surface area contributed by atoms with E-state index in [1.807, 2.05) is 0 Å². The zero-order chi connectivity index (χ0) is 21.2. The van der Waals surface area contributed by atoms with Crippen molar-refractivity contribution in [2.75, 3.05) is 0 Å². The van der Waals surface area contributed by atoms with Gasteiger partial charge >= 0.3 is 6.18 Å². The van der Waals surface area contributed by atoms with Crippen LogP contribution in [0.25, 0.3) is 11.1 Å². The maximum absolute atomic E-state index is 13.3. The number of halogens is 4. The van der Waals surface area contributed by atoms with Crippen LogP contribution in [0.5, 0.6) is 5.75 Å². The molecule has 150 valence electrons. The third-order valence-electron chi connectivity index (χ3n) is 3.99. The lowest BCUT2D eigenvalue weighted by Crippen LogP contribution is -2.27. The van der Waals surface area contributed by atoms with Gasteiger partial charge in [0.1, 0.15) is 28.8 Å². The monoisotopic (exact) mass is 423 g/mol. The largest absolute Gasteiger partial charge is 0.489 e. The summed E-state index contributed by atoms with van der Waals surface area (Å²) in [4.78, 5) is 28.7. The van der Waals surface area contributed by atoms with Crippen LogP contribution in [0.15, 0.2) is 53.5 Å². The van der Waals surface area contributed by atoms with E-state index >= 15 is 0 Å². The molecule has 0 aliphatic rings. The number of alkyl halides is 3. The van der Waals surface area contributed by atoms with Crippen molar-refractivity contribution in [3.8, 4) is 16.9 Å². The van der Waals surface area contributed by atoms with Crippen LogP contribution in [0.3, 0.4) is 0 Å². The molecule has 0 aliphatic carbocycles. The van der Waals surface area contributed by atoms with Gasteiger partial charge in [-0.3, -0.25) is 9.59 Å². The minimum atomic E-state index is -4.84. The van der Waals surface area contributed by atoms with E-state index in [0.29, 0.717) is 11.3 Å². The second kappa shape index (κ2) is 7.96. The highest BCUT2D eigenvalue weighted by atomic mass is 35.5. The Balaban J connectivity index is 1.93. The van der Waals surface area contributed by atoms with Crippen LogP contribution in [0, 0.1) is 0 Å². The smallest absolute Gasteiger partial charge is 0.431 e. The van der Waals surface area contributed by atoms with Crippen molar-refractivity contribution in [3.05, 3.63) is 81.0 Å². The number of nitrogens with two attached hydrogens (primary N) is 1. The van der Waals surface area contributed by atoms with Gasteiger partial charge in [0.05, 0.1) is 0 Å². The minimum absolute atomic E-state index is 0.114. The molecule has 29 heavy (non-hydrogen) atoms. The highest BCUT2D eigenvalue weighted by Gasteiger charge is 2.36. The first kappa shape index (κ1) is 20.4. The molecule has 3 N–H and O–H groups in total. The maximum atomic E-state index is 13.3. The van der Waals surface area contributed by atoms with Gasteiger partial charge in [-0.15, -0.1) is 0 Å². The number of benzene rings is 1. The van der Waals surface area contributed by atoms with Crippen molar-refractivity contribution in [2.45, 2.75) is 12.8 Å². The van der Waals surface area contributed by atoms with Crippen LogP contribution in [0.4, 0.5) is 13.2 Å². The van der Waals surface area contributed by atoms with Crippen molar-refractivity contribution < 1.29 is 22.7 Å². The average Bonchev–Trinajstić information content (AvgIpc) is 2.67. The molecular weight excluding hydrogens is 411 g/mol. The summed E-state index contributed by atoms with van der Waals surface area (Å²) in [5, 5.41) is 0.283. The zero-order valence-corrected chi connectivity index (χ0v) is 15.3. The van der Waals surface area contributed by atoms with Crippen LogP contribution in [0.1, 0.15) is 21.6 Å². The summed E-state index contributed by atoms with van der Waals surface area (Å²) in [6.07, 6.45) is -3.31. The first-order valence-electron chi connectivity index (χ1n) is 8.14. The van der Waals surface area contributed by atoms with Crippen LogP contribution in [-0.2, 0) is 12.8 Å². The van der Waals surface area contributed by atoms with Gasteiger partial charge in [0, 0.05) is 17.3 Å². The van der Waals surface area contributed by atoms with Crippen LogP contribution in [-0.4, -0.2) is 15.9 Å². The summed E-state index contributed by atoms with van der Waals surface area (Å²) < 4.78 is 45.6. The molecule has 0 aliphatic heterocycles. The third-order valence-corrected chi connectivity index (χ3v) is 4.33. The lowest BCUT2D eigenvalue weighted by Gasteiger charge is -2.14. The number of H-pyrrole nitrogens is 1. The lowest BCUT2D eigenvalue weighted by molar-refractivity contribution is -0.140. The Hall–Kier alpha value is -3.33.